The van der Waals surface area contributed by atoms with Crippen LogP contribution in [0.2, 0.25) is 0 Å². The molecule has 2 rings (SSSR count). The highest BCUT2D eigenvalue weighted by molar-refractivity contribution is 5.07. The summed E-state index contributed by atoms with van der Waals surface area (Å²) >= 11 is 0. The summed E-state index contributed by atoms with van der Waals surface area (Å²) in [6, 6.07) is 4.75. The summed E-state index contributed by atoms with van der Waals surface area (Å²) in [5.41, 5.74) is 1.26. The second-order valence-electron chi connectivity index (χ2n) is 4.14. The van der Waals surface area contributed by atoms with E-state index in [4.69, 9.17) is 0 Å². The van der Waals surface area contributed by atoms with Crippen molar-refractivity contribution >= 4 is 0 Å². The van der Waals surface area contributed by atoms with Crippen LogP contribution in [0.4, 0.5) is 0 Å². The number of hydrogen-bond donors (Lipinski definition) is 2. The van der Waals surface area contributed by atoms with E-state index in [1.165, 1.54) is 31.4 Å². The molecule has 1 saturated heterocycles. The molecule has 0 unspecified atom stereocenters. The maximum absolute atomic E-state index is 4.09. The molecule has 1 aromatic rings. The zero-order chi connectivity index (χ0) is 10.3. The lowest BCUT2D eigenvalue weighted by Gasteiger charge is -2.23. The molecule has 2 N–H and O–H groups in total. The number of hydrogen-bond acceptors (Lipinski definition) is 3. The van der Waals surface area contributed by atoms with Gasteiger partial charge in [-0.15, -0.1) is 0 Å². The van der Waals surface area contributed by atoms with Crippen LogP contribution in [-0.4, -0.2) is 24.1 Å². The molecule has 15 heavy (non-hydrogen) atoms. The Labute approximate surface area is 91.3 Å². The molecule has 82 valence electrons. The first-order chi connectivity index (χ1) is 7.45. The molecule has 1 aromatic heterocycles. The van der Waals surface area contributed by atoms with Gasteiger partial charge in [0.2, 0.25) is 0 Å². The van der Waals surface area contributed by atoms with E-state index in [1.54, 1.807) is 0 Å². The molecule has 1 atom stereocenters. The lowest BCUT2D eigenvalue weighted by molar-refractivity contribution is 0.383. The normalized spacial score (nSPS) is 21.5. The van der Waals surface area contributed by atoms with Crippen LogP contribution in [0.5, 0.6) is 0 Å². The van der Waals surface area contributed by atoms with Crippen molar-refractivity contribution < 1.29 is 0 Å². The molecule has 3 nitrogen and oxygen atoms in total. The number of pyridine rings is 1. The van der Waals surface area contributed by atoms with E-state index in [2.05, 4.69) is 21.7 Å². The third-order valence-corrected chi connectivity index (χ3v) is 2.86. The summed E-state index contributed by atoms with van der Waals surface area (Å²) in [5.74, 6) is 0. The molecular formula is C12H19N3. The molecule has 0 spiro atoms. The lowest BCUT2D eigenvalue weighted by atomic mass is 10.1. The van der Waals surface area contributed by atoms with Crippen LogP contribution in [0.25, 0.3) is 0 Å². The molecular weight excluding hydrogens is 186 g/mol. The average Bonchev–Trinajstić information content (AvgIpc) is 2.32. The quantitative estimate of drug-likeness (QED) is 0.778. The average molecular weight is 205 g/mol. The van der Waals surface area contributed by atoms with E-state index in [-0.39, 0.29) is 0 Å². The van der Waals surface area contributed by atoms with Crippen molar-refractivity contribution in [2.75, 3.05) is 13.1 Å². The molecule has 3 heteroatoms. The minimum Gasteiger partial charge on any atom is -0.313 e. The van der Waals surface area contributed by atoms with Gasteiger partial charge in [0, 0.05) is 31.5 Å². The van der Waals surface area contributed by atoms with Crippen molar-refractivity contribution in [2.45, 2.75) is 31.8 Å². The largest absolute Gasteiger partial charge is 0.313 e. The van der Waals surface area contributed by atoms with E-state index in [9.17, 15) is 0 Å². The first-order valence-electron chi connectivity index (χ1n) is 5.78. The van der Waals surface area contributed by atoms with Gasteiger partial charge in [-0.1, -0.05) is 12.5 Å². The Morgan fingerprint density at radius 3 is 3.20 bits per heavy atom. The van der Waals surface area contributed by atoms with Gasteiger partial charge in [-0.2, -0.15) is 0 Å². The molecule has 1 aliphatic heterocycles. The molecule has 2 heterocycles. The summed E-state index contributed by atoms with van der Waals surface area (Å²) in [7, 11) is 0. The predicted molar refractivity (Wildman–Crippen MR) is 61.6 cm³/mol. The number of aromatic nitrogens is 1. The number of nitrogens with zero attached hydrogens (tertiary/aromatic N) is 1. The van der Waals surface area contributed by atoms with Crippen LogP contribution in [0.1, 0.15) is 24.8 Å². The Morgan fingerprint density at radius 1 is 1.47 bits per heavy atom. The van der Waals surface area contributed by atoms with E-state index >= 15 is 0 Å². The number of piperidine rings is 1. The fourth-order valence-corrected chi connectivity index (χ4v) is 1.99. The highest BCUT2D eigenvalue weighted by Gasteiger charge is 2.11. The topological polar surface area (TPSA) is 37.0 Å². The molecule has 0 aromatic carbocycles. The molecule has 0 amide bonds. The lowest BCUT2D eigenvalue weighted by Crippen LogP contribution is -2.41. The fraction of sp³-hybridized carbons (Fsp3) is 0.583. The minimum atomic E-state index is 0.662. The van der Waals surface area contributed by atoms with E-state index < -0.39 is 0 Å². The van der Waals surface area contributed by atoms with E-state index in [0.717, 1.165) is 13.1 Å². The van der Waals surface area contributed by atoms with Gasteiger partial charge in [0.05, 0.1) is 0 Å². The zero-order valence-electron chi connectivity index (χ0n) is 9.08. The molecule has 0 saturated carbocycles. The molecule has 0 aliphatic carbocycles. The summed E-state index contributed by atoms with van der Waals surface area (Å²) < 4.78 is 0. The highest BCUT2D eigenvalue weighted by Crippen LogP contribution is 2.05. The smallest absolute Gasteiger partial charge is 0.0312 e. The predicted octanol–water partition coefficient (Wildman–Crippen LogP) is 1.31. The van der Waals surface area contributed by atoms with E-state index in [0.29, 0.717) is 6.04 Å². The monoisotopic (exact) mass is 205 g/mol. The van der Waals surface area contributed by atoms with Gasteiger partial charge >= 0.3 is 0 Å². The van der Waals surface area contributed by atoms with Crippen LogP contribution in [0.3, 0.4) is 0 Å². The minimum absolute atomic E-state index is 0.662. The third kappa shape index (κ3) is 3.61. The van der Waals surface area contributed by atoms with Gasteiger partial charge in [0.15, 0.2) is 0 Å². The maximum Gasteiger partial charge on any atom is 0.0312 e. The first-order valence-corrected chi connectivity index (χ1v) is 5.78. The number of nitrogens with one attached hydrogen (secondary N) is 2. The van der Waals surface area contributed by atoms with E-state index in [1.807, 2.05) is 18.5 Å². The summed E-state index contributed by atoms with van der Waals surface area (Å²) in [6.45, 7) is 3.17. The van der Waals surface area contributed by atoms with Crippen LogP contribution >= 0.6 is 0 Å². The Hall–Kier alpha value is -0.930. The second-order valence-corrected chi connectivity index (χ2v) is 4.14. The summed E-state index contributed by atoms with van der Waals surface area (Å²) in [4.78, 5) is 4.09. The second kappa shape index (κ2) is 5.83. The van der Waals surface area contributed by atoms with Gasteiger partial charge in [0.1, 0.15) is 0 Å². The molecule has 1 aliphatic rings. The maximum atomic E-state index is 4.09. The SMILES string of the molecule is c1cncc(CNC[C@H]2CCCCN2)c1. The Morgan fingerprint density at radius 2 is 2.47 bits per heavy atom. The Kier molecular flexibility index (Phi) is 4.11. The van der Waals surface area contributed by atoms with Gasteiger partial charge < -0.3 is 10.6 Å². The van der Waals surface area contributed by atoms with Crippen molar-refractivity contribution in [3.8, 4) is 0 Å². The van der Waals surface area contributed by atoms with Crippen LogP contribution in [-0.2, 0) is 6.54 Å². The van der Waals surface area contributed by atoms with Crippen molar-refractivity contribution in [2.24, 2.45) is 0 Å². The van der Waals surface area contributed by atoms with Crippen molar-refractivity contribution in [3.05, 3.63) is 30.1 Å². The summed E-state index contributed by atoms with van der Waals surface area (Å²) in [5, 5.41) is 7.00. The molecule has 0 bridgehead atoms. The standard InChI is InChI=1S/C12H19N3/c1-2-7-15-12(5-1)10-14-9-11-4-3-6-13-8-11/h3-4,6,8,12,14-15H,1-2,5,7,9-10H2/t12-/m1/s1. The Bertz CT molecular complexity index is 267. The molecule has 1 fully saturated rings. The van der Waals surface area contributed by atoms with Crippen LogP contribution < -0.4 is 10.6 Å². The van der Waals surface area contributed by atoms with Gasteiger partial charge in [-0.05, 0) is 31.0 Å². The zero-order valence-corrected chi connectivity index (χ0v) is 9.08. The van der Waals surface area contributed by atoms with Gasteiger partial charge in [-0.25, -0.2) is 0 Å². The fourth-order valence-electron chi connectivity index (χ4n) is 1.99. The molecule has 0 radical (unpaired) electrons. The third-order valence-electron chi connectivity index (χ3n) is 2.86. The van der Waals surface area contributed by atoms with Crippen molar-refractivity contribution in [1.82, 2.24) is 15.6 Å². The Balaban J connectivity index is 1.66. The van der Waals surface area contributed by atoms with Crippen molar-refractivity contribution in [3.63, 3.8) is 0 Å². The van der Waals surface area contributed by atoms with Gasteiger partial charge in [0.25, 0.3) is 0 Å². The van der Waals surface area contributed by atoms with Crippen LogP contribution in [0.15, 0.2) is 24.5 Å². The summed E-state index contributed by atoms with van der Waals surface area (Å²) in [6.07, 6.45) is 7.73. The highest BCUT2D eigenvalue weighted by atomic mass is 15.0. The van der Waals surface area contributed by atoms with Gasteiger partial charge in [-0.3, -0.25) is 4.98 Å². The van der Waals surface area contributed by atoms with Crippen LogP contribution in [0, 0.1) is 0 Å². The first kappa shape index (κ1) is 10.6. The number of rotatable bonds is 4. The van der Waals surface area contributed by atoms with Crippen molar-refractivity contribution in [1.29, 1.82) is 0 Å².